The van der Waals surface area contributed by atoms with Crippen LogP contribution >= 0.6 is 11.8 Å². The van der Waals surface area contributed by atoms with E-state index in [1.807, 2.05) is 30.3 Å². The van der Waals surface area contributed by atoms with E-state index in [0.29, 0.717) is 5.56 Å². The van der Waals surface area contributed by atoms with E-state index in [9.17, 15) is 4.79 Å². The number of thioether (sulfide) groups is 1. The molecular weight excluding hydrogens is 278 g/mol. The second kappa shape index (κ2) is 7.47. The van der Waals surface area contributed by atoms with Crippen molar-refractivity contribution in [2.24, 2.45) is 0 Å². The molecule has 2 aromatic rings. The van der Waals surface area contributed by atoms with Gasteiger partial charge in [0.05, 0.1) is 11.6 Å². The minimum absolute atomic E-state index is 0.0272. The second-order valence-corrected chi connectivity index (χ2v) is 5.56. The number of carbonyl (C=O) groups is 1. The number of rotatable bonds is 5. The van der Waals surface area contributed by atoms with E-state index in [1.54, 1.807) is 24.3 Å². The van der Waals surface area contributed by atoms with Crippen LogP contribution in [-0.2, 0) is 6.42 Å². The van der Waals surface area contributed by atoms with Gasteiger partial charge in [0.25, 0.3) is 0 Å². The highest BCUT2D eigenvalue weighted by Gasteiger charge is 2.12. The molecule has 0 spiro atoms. The molecule has 0 aliphatic rings. The Labute approximate surface area is 129 Å². The first-order valence-electron chi connectivity index (χ1n) is 6.65. The topological polar surface area (TPSA) is 40.9 Å². The Morgan fingerprint density at radius 3 is 2.57 bits per heavy atom. The summed E-state index contributed by atoms with van der Waals surface area (Å²) < 4.78 is 0. The molecule has 0 N–H and O–H groups in total. The zero-order valence-corrected chi connectivity index (χ0v) is 12.4. The molecule has 2 rings (SSSR count). The maximum atomic E-state index is 12.4. The van der Waals surface area contributed by atoms with Crippen LogP contribution in [0.5, 0.6) is 0 Å². The molecule has 0 saturated carbocycles. The smallest absolute Gasteiger partial charge is 0.224 e. The van der Waals surface area contributed by atoms with Crippen LogP contribution in [0.4, 0.5) is 0 Å². The van der Waals surface area contributed by atoms with Crippen LogP contribution in [-0.4, -0.2) is 5.12 Å². The quantitative estimate of drug-likeness (QED) is 0.597. The monoisotopic (exact) mass is 293 g/mol. The van der Waals surface area contributed by atoms with Crippen LogP contribution in [0.3, 0.4) is 0 Å². The fraction of sp³-hybridized carbons (Fsp3) is 0.111. The molecule has 0 unspecified atom stereocenters. The minimum atomic E-state index is 0.0272. The summed E-state index contributed by atoms with van der Waals surface area (Å²) in [6.07, 6.45) is 3.53. The zero-order chi connectivity index (χ0) is 15.1. The normalized spacial score (nSPS) is 9.86. The van der Waals surface area contributed by atoms with Crippen LogP contribution in [0, 0.1) is 11.3 Å². The van der Waals surface area contributed by atoms with Crippen LogP contribution in [0.2, 0.25) is 0 Å². The molecule has 0 saturated heterocycles. The zero-order valence-electron chi connectivity index (χ0n) is 11.6. The van der Waals surface area contributed by atoms with Gasteiger partial charge in [-0.25, -0.2) is 0 Å². The van der Waals surface area contributed by atoms with Crippen molar-refractivity contribution in [3.8, 4) is 6.07 Å². The van der Waals surface area contributed by atoms with Crippen molar-refractivity contribution in [2.45, 2.75) is 17.7 Å². The van der Waals surface area contributed by atoms with Crippen molar-refractivity contribution >= 4 is 16.9 Å². The molecule has 21 heavy (non-hydrogen) atoms. The van der Waals surface area contributed by atoms with Crippen molar-refractivity contribution in [1.29, 1.82) is 5.26 Å². The van der Waals surface area contributed by atoms with Crippen LogP contribution in [0.15, 0.2) is 66.1 Å². The fourth-order valence-corrected chi connectivity index (χ4v) is 2.75. The lowest BCUT2D eigenvalue weighted by molar-refractivity contribution is 0.108. The average Bonchev–Trinajstić information content (AvgIpc) is 2.54. The van der Waals surface area contributed by atoms with E-state index in [1.165, 1.54) is 11.8 Å². The molecule has 0 aliphatic carbocycles. The molecule has 0 amide bonds. The van der Waals surface area contributed by atoms with Crippen molar-refractivity contribution < 1.29 is 4.79 Å². The molecule has 3 heteroatoms. The summed E-state index contributed by atoms with van der Waals surface area (Å²) in [6, 6.07) is 16.8. The molecule has 2 aromatic carbocycles. The number of benzene rings is 2. The Balaban J connectivity index is 2.16. The van der Waals surface area contributed by atoms with Crippen molar-refractivity contribution in [3.05, 3.63) is 77.9 Å². The van der Waals surface area contributed by atoms with E-state index in [4.69, 9.17) is 5.26 Å². The van der Waals surface area contributed by atoms with Gasteiger partial charge in [0.15, 0.2) is 0 Å². The Kier molecular flexibility index (Phi) is 5.36. The van der Waals surface area contributed by atoms with Gasteiger partial charge in [-0.2, -0.15) is 5.26 Å². The lowest BCUT2D eigenvalue weighted by Gasteiger charge is -2.07. The predicted octanol–water partition coefficient (Wildman–Crippen LogP) is 4.61. The van der Waals surface area contributed by atoms with Gasteiger partial charge in [-0.1, -0.05) is 30.3 Å². The van der Waals surface area contributed by atoms with Gasteiger partial charge in [-0.15, -0.1) is 6.58 Å². The van der Waals surface area contributed by atoms with Gasteiger partial charge in [0.1, 0.15) is 0 Å². The third-order valence-electron chi connectivity index (χ3n) is 3.05. The fourth-order valence-electron chi connectivity index (χ4n) is 1.95. The third kappa shape index (κ3) is 4.08. The van der Waals surface area contributed by atoms with Crippen LogP contribution < -0.4 is 0 Å². The molecule has 0 atom stereocenters. The van der Waals surface area contributed by atoms with Crippen molar-refractivity contribution in [2.75, 3.05) is 0 Å². The number of allylic oxidation sites excluding steroid dienone is 1. The van der Waals surface area contributed by atoms with E-state index in [0.717, 1.165) is 28.9 Å². The molecule has 0 radical (unpaired) electrons. The Bertz CT molecular complexity index is 683. The van der Waals surface area contributed by atoms with Crippen LogP contribution in [0.1, 0.15) is 27.9 Å². The first-order valence-corrected chi connectivity index (χ1v) is 7.47. The lowest BCUT2D eigenvalue weighted by atomic mass is 10.0. The Morgan fingerprint density at radius 1 is 1.19 bits per heavy atom. The van der Waals surface area contributed by atoms with E-state index >= 15 is 0 Å². The summed E-state index contributed by atoms with van der Waals surface area (Å²) in [6.45, 7) is 3.72. The van der Waals surface area contributed by atoms with Gasteiger partial charge >= 0.3 is 0 Å². The maximum absolute atomic E-state index is 12.4. The van der Waals surface area contributed by atoms with Crippen molar-refractivity contribution in [1.82, 2.24) is 0 Å². The molecule has 0 fully saturated rings. The highest BCUT2D eigenvalue weighted by atomic mass is 32.2. The number of nitriles is 1. The molecule has 0 aliphatic heterocycles. The van der Waals surface area contributed by atoms with Gasteiger partial charge in [0, 0.05) is 10.5 Å². The van der Waals surface area contributed by atoms with E-state index in [2.05, 4.69) is 12.6 Å². The number of aryl methyl sites for hydroxylation is 1. The second-order valence-electron chi connectivity index (χ2n) is 4.51. The summed E-state index contributed by atoms with van der Waals surface area (Å²) >= 11 is 1.19. The summed E-state index contributed by atoms with van der Waals surface area (Å²) in [5.74, 6) is 0. The largest absolute Gasteiger partial charge is 0.281 e. The Hall–Kier alpha value is -2.31. The highest BCUT2D eigenvalue weighted by molar-refractivity contribution is 8.14. The van der Waals surface area contributed by atoms with E-state index in [-0.39, 0.29) is 5.12 Å². The number of carbonyl (C=O) groups excluding carboxylic acids is 1. The number of nitrogens with zero attached hydrogens (tertiary/aromatic N) is 1. The van der Waals surface area contributed by atoms with Crippen LogP contribution in [0.25, 0.3) is 0 Å². The molecule has 0 heterocycles. The first-order chi connectivity index (χ1) is 10.2. The first kappa shape index (κ1) is 15.1. The molecular formula is C18H15NOS. The summed E-state index contributed by atoms with van der Waals surface area (Å²) in [5, 5.41) is 8.80. The van der Waals surface area contributed by atoms with Gasteiger partial charge in [-0.05, 0) is 54.4 Å². The number of hydrogen-bond donors (Lipinski definition) is 0. The molecule has 0 aromatic heterocycles. The minimum Gasteiger partial charge on any atom is -0.281 e. The standard InChI is InChI=1S/C18H15NOS/c1-2-3-6-15-7-4-5-8-17(15)18(20)21-16-11-9-14(13-19)10-12-16/h2,4-5,7-12H,1,3,6H2. The molecule has 0 bridgehead atoms. The SMILES string of the molecule is C=CCCc1ccccc1C(=O)Sc1ccc(C#N)cc1. The lowest BCUT2D eigenvalue weighted by Crippen LogP contribution is -1.99. The van der Waals surface area contributed by atoms with Gasteiger partial charge in [-0.3, -0.25) is 4.79 Å². The Morgan fingerprint density at radius 2 is 1.90 bits per heavy atom. The third-order valence-corrected chi connectivity index (χ3v) is 3.96. The summed E-state index contributed by atoms with van der Waals surface area (Å²) in [7, 11) is 0. The van der Waals surface area contributed by atoms with Gasteiger partial charge in [0.2, 0.25) is 5.12 Å². The molecule has 104 valence electrons. The molecule has 2 nitrogen and oxygen atoms in total. The predicted molar refractivity (Wildman–Crippen MR) is 86.3 cm³/mol. The maximum Gasteiger partial charge on any atom is 0.224 e. The van der Waals surface area contributed by atoms with Gasteiger partial charge < -0.3 is 0 Å². The summed E-state index contributed by atoms with van der Waals surface area (Å²) in [4.78, 5) is 13.3. The average molecular weight is 293 g/mol. The summed E-state index contributed by atoms with van der Waals surface area (Å²) in [5.41, 5.74) is 2.38. The van der Waals surface area contributed by atoms with E-state index < -0.39 is 0 Å². The van der Waals surface area contributed by atoms with Crippen molar-refractivity contribution in [3.63, 3.8) is 0 Å². The number of hydrogen-bond acceptors (Lipinski definition) is 3. The highest BCUT2D eigenvalue weighted by Crippen LogP contribution is 2.25.